The van der Waals surface area contributed by atoms with Crippen LogP contribution in [0.5, 0.6) is 11.5 Å². The number of amides is 2. The number of nitrogens with one attached hydrogen (secondary N) is 3. The highest BCUT2D eigenvalue weighted by Gasteiger charge is 2.21. The Morgan fingerprint density at radius 1 is 1.07 bits per heavy atom. The molecule has 1 heterocycles. The first-order chi connectivity index (χ1) is 14.5. The summed E-state index contributed by atoms with van der Waals surface area (Å²) in [5.74, 6) is 1.23. The van der Waals surface area contributed by atoms with E-state index in [1.165, 1.54) is 0 Å². The first-order valence-electron chi connectivity index (χ1n) is 10.3. The van der Waals surface area contributed by atoms with Crippen molar-refractivity contribution < 1.29 is 24.0 Å². The molecule has 7 nitrogen and oxygen atoms in total. The minimum Gasteiger partial charge on any atom is -0.454 e. The van der Waals surface area contributed by atoms with Crippen molar-refractivity contribution in [1.29, 1.82) is 0 Å². The van der Waals surface area contributed by atoms with E-state index in [-0.39, 0.29) is 37.7 Å². The van der Waals surface area contributed by atoms with Gasteiger partial charge in [-0.25, -0.2) is 0 Å². The molecule has 1 aliphatic heterocycles. The second-order valence-electron chi connectivity index (χ2n) is 7.62. The predicted molar refractivity (Wildman–Crippen MR) is 115 cm³/mol. The van der Waals surface area contributed by atoms with Gasteiger partial charge in [0.05, 0.1) is 12.6 Å². The minimum absolute atomic E-state index is 0.0905. The summed E-state index contributed by atoms with van der Waals surface area (Å²) in [6, 6.07) is 13.2. The molecule has 160 valence electrons. The third-order valence-electron chi connectivity index (χ3n) is 5.12. The van der Waals surface area contributed by atoms with Crippen LogP contribution in [0, 0.1) is 6.92 Å². The molecule has 0 radical (unpaired) electrons. The van der Waals surface area contributed by atoms with Crippen LogP contribution in [0.15, 0.2) is 42.5 Å². The van der Waals surface area contributed by atoms with E-state index in [2.05, 4.69) is 10.6 Å². The topological polar surface area (TPSA) is 81.1 Å². The van der Waals surface area contributed by atoms with Gasteiger partial charge in [0.25, 0.3) is 11.8 Å². The van der Waals surface area contributed by atoms with Crippen LogP contribution in [0.1, 0.15) is 37.4 Å². The van der Waals surface area contributed by atoms with Crippen LogP contribution in [-0.4, -0.2) is 38.2 Å². The van der Waals surface area contributed by atoms with E-state index in [1.54, 1.807) is 0 Å². The van der Waals surface area contributed by atoms with E-state index in [9.17, 15) is 9.59 Å². The summed E-state index contributed by atoms with van der Waals surface area (Å²) in [4.78, 5) is 26.0. The molecule has 0 spiro atoms. The van der Waals surface area contributed by atoms with Gasteiger partial charge in [0.15, 0.2) is 24.6 Å². The number of anilines is 1. The second kappa shape index (κ2) is 10.1. The molecule has 2 aromatic carbocycles. The van der Waals surface area contributed by atoms with Gasteiger partial charge in [-0.3, -0.25) is 9.59 Å². The molecule has 1 unspecified atom stereocenters. The van der Waals surface area contributed by atoms with Gasteiger partial charge >= 0.3 is 0 Å². The van der Waals surface area contributed by atoms with Gasteiger partial charge in [0.2, 0.25) is 6.79 Å². The van der Waals surface area contributed by atoms with Crippen molar-refractivity contribution in [3.05, 3.63) is 53.6 Å². The van der Waals surface area contributed by atoms with Crippen LogP contribution in [0.4, 0.5) is 5.69 Å². The third kappa shape index (κ3) is 5.73. The molecule has 7 heteroatoms. The number of carbonyl (C=O) groups is 2. The number of ether oxygens (including phenoxy) is 2. The first-order valence-corrected chi connectivity index (χ1v) is 10.3. The standard InChI is InChI=1S/C23H29N3O4/c1-4-11-26(14-23(28)25-19-8-6-5-7-16(19)2)13-22(27)24-17(3)18-9-10-20-21(12-18)30-15-29-20/h5-10,12,17H,4,11,13-15H2,1-3H3,(H,24,27)(H,25,28)/p+1/t17-/m0/s1. The van der Waals surface area contributed by atoms with Gasteiger partial charge in [-0.15, -0.1) is 0 Å². The average Bonchev–Trinajstić information content (AvgIpc) is 3.17. The van der Waals surface area contributed by atoms with Crippen molar-refractivity contribution in [2.24, 2.45) is 0 Å². The smallest absolute Gasteiger partial charge is 0.279 e. The van der Waals surface area contributed by atoms with Crippen molar-refractivity contribution >= 4 is 17.5 Å². The van der Waals surface area contributed by atoms with Crippen molar-refractivity contribution in [1.82, 2.24) is 5.32 Å². The highest BCUT2D eigenvalue weighted by molar-refractivity contribution is 5.92. The highest BCUT2D eigenvalue weighted by Crippen LogP contribution is 2.34. The lowest BCUT2D eigenvalue weighted by Crippen LogP contribution is -3.14. The number of para-hydroxylation sites is 1. The number of hydrogen-bond donors (Lipinski definition) is 3. The van der Waals surface area contributed by atoms with E-state index in [4.69, 9.17) is 9.47 Å². The fraction of sp³-hybridized carbons (Fsp3) is 0.391. The van der Waals surface area contributed by atoms with Crippen molar-refractivity contribution in [3.63, 3.8) is 0 Å². The number of hydrogen-bond acceptors (Lipinski definition) is 4. The Morgan fingerprint density at radius 2 is 1.80 bits per heavy atom. The molecule has 2 aromatic rings. The number of benzene rings is 2. The van der Waals surface area contributed by atoms with Gasteiger partial charge in [0, 0.05) is 5.69 Å². The zero-order valence-electron chi connectivity index (χ0n) is 17.8. The summed E-state index contributed by atoms with van der Waals surface area (Å²) in [6.07, 6.45) is 0.887. The number of quaternary nitrogens is 1. The molecule has 2 amide bonds. The summed E-state index contributed by atoms with van der Waals surface area (Å²) in [5.41, 5.74) is 2.76. The highest BCUT2D eigenvalue weighted by atomic mass is 16.7. The summed E-state index contributed by atoms with van der Waals surface area (Å²) in [7, 11) is 0. The summed E-state index contributed by atoms with van der Waals surface area (Å²) < 4.78 is 10.7. The predicted octanol–water partition coefficient (Wildman–Crippen LogP) is 1.83. The fourth-order valence-corrected chi connectivity index (χ4v) is 3.51. The molecule has 30 heavy (non-hydrogen) atoms. The van der Waals surface area contributed by atoms with Crippen LogP contribution >= 0.6 is 0 Å². The maximum absolute atomic E-state index is 12.6. The summed E-state index contributed by atoms with van der Waals surface area (Å²) in [6.45, 7) is 7.38. The largest absolute Gasteiger partial charge is 0.454 e. The SMILES string of the molecule is CCC[NH+](CC(=O)Nc1ccccc1C)CC(=O)N[C@@H](C)c1ccc2c(c1)OCO2. The lowest BCUT2D eigenvalue weighted by atomic mass is 10.1. The van der Waals surface area contributed by atoms with Crippen molar-refractivity contribution in [2.75, 3.05) is 31.7 Å². The molecular weight excluding hydrogens is 382 g/mol. The second-order valence-corrected chi connectivity index (χ2v) is 7.62. The molecule has 0 aromatic heterocycles. The van der Waals surface area contributed by atoms with E-state index in [0.29, 0.717) is 5.75 Å². The molecule has 0 fully saturated rings. The molecule has 0 saturated carbocycles. The number of aryl methyl sites for hydroxylation is 1. The van der Waals surface area contributed by atoms with Crippen LogP contribution in [0.2, 0.25) is 0 Å². The molecule has 2 atom stereocenters. The zero-order chi connectivity index (χ0) is 21.5. The molecule has 1 aliphatic rings. The Morgan fingerprint density at radius 3 is 2.57 bits per heavy atom. The van der Waals surface area contributed by atoms with Gasteiger partial charge in [-0.2, -0.15) is 0 Å². The van der Waals surface area contributed by atoms with Crippen molar-refractivity contribution in [3.8, 4) is 11.5 Å². The fourth-order valence-electron chi connectivity index (χ4n) is 3.51. The Labute approximate surface area is 177 Å². The maximum atomic E-state index is 12.6. The quantitative estimate of drug-likeness (QED) is 0.587. The van der Waals surface area contributed by atoms with Gasteiger partial charge < -0.3 is 25.0 Å². The molecule has 0 saturated heterocycles. The van der Waals surface area contributed by atoms with Crippen molar-refractivity contribution in [2.45, 2.75) is 33.2 Å². The van der Waals surface area contributed by atoms with E-state index < -0.39 is 0 Å². The average molecular weight is 413 g/mol. The van der Waals surface area contributed by atoms with Gasteiger partial charge in [0.1, 0.15) is 0 Å². The van der Waals surface area contributed by atoms with Crippen LogP contribution in [0.3, 0.4) is 0 Å². The van der Waals surface area contributed by atoms with E-state index in [1.807, 2.05) is 63.2 Å². The van der Waals surface area contributed by atoms with E-state index >= 15 is 0 Å². The van der Waals surface area contributed by atoms with Crippen LogP contribution < -0.4 is 25.0 Å². The Hall–Kier alpha value is -3.06. The molecule has 3 N–H and O–H groups in total. The van der Waals surface area contributed by atoms with Crippen LogP contribution in [-0.2, 0) is 9.59 Å². The Bertz CT molecular complexity index is 900. The normalized spacial score (nSPS) is 14.1. The first kappa shape index (κ1) is 21.6. The Kier molecular flexibility index (Phi) is 7.30. The minimum atomic E-state index is -0.171. The summed E-state index contributed by atoms with van der Waals surface area (Å²) in [5, 5.41) is 5.97. The van der Waals surface area contributed by atoms with Crippen LogP contribution in [0.25, 0.3) is 0 Å². The maximum Gasteiger partial charge on any atom is 0.279 e. The van der Waals surface area contributed by atoms with E-state index in [0.717, 1.165) is 40.4 Å². The molecule has 0 aliphatic carbocycles. The molecule has 3 rings (SSSR count). The molecular formula is C23H30N3O4+. The monoisotopic (exact) mass is 412 g/mol. The number of carbonyl (C=O) groups excluding carboxylic acids is 2. The Balaban J connectivity index is 1.54. The lowest BCUT2D eigenvalue weighted by molar-refractivity contribution is -0.883. The number of fused-ring (bicyclic) bond motifs is 1. The number of rotatable bonds is 9. The van der Waals surface area contributed by atoms with Gasteiger partial charge in [-0.1, -0.05) is 31.2 Å². The molecule has 0 bridgehead atoms. The van der Waals surface area contributed by atoms with Gasteiger partial charge in [-0.05, 0) is 49.6 Å². The third-order valence-corrected chi connectivity index (χ3v) is 5.12. The summed E-state index contributed by atoms with van der Waals surface area (Å²) >= 11 is 0. The zero-order valence-corrected chi connectivity index (χ0v) is 17.8. The lowest BCUT2D eigenvalue weighted by Gasteiger charge is -2.20.